The highest BCUT2D eigenvalue weighted by atomic mass is 16.5. The molecule has 0 aliphatic carbocycles. The first-order chi connectivity index (χ1) is 10.7. The third kappa shape index (κ3) is 6.75. The van der Waals surface area contributed by atoms with Crippen LogP contribution in [-0.4, -0.2) is 31.2 Å². The molecule has 2 amide bonds. The first-order valence-electron chi connectivity index (χ1n) is 7.29. The highest BCUT2D eigenvalue weighted by Gasteiger charge is 2.21. The van der Waals surface area contributed by atoms with Gasteiger partial charge in [0, 0.05) is 6.42 Å². The zero-order chi connectivity index (χ0) is 16.2. The first-order valence-corrected chi connectivity index (χ1v) is 7.29. The Kier molecular flexibility index (Phi) is 8.13. The van der Waals surface area contributed by atoms with Crippen molar-refractivity contribution in [1.82, 2.24) is 10.6 Å². The summed E-state index contributed by atoms with van der Waals surface area (Å²) in [5.41, 5.74) is 0.911. The predicted molar refractivity (Wildman–Crippen MR) is 81.9 cm³/mol. The lowest BCUT2D eigenvalue weighted by atomic mass is 10.1. The SMILES string of the molecule is CCCCOC(=O)NC(Cc1ccccc1)C(=O)NCC#N. The van der Waals surface area contributed by atoms with Crippen LogP contribution in [0, 0.1) is 11.3 Å². The minimum atomic E-state index is -0.773. The quantitative estimate of drug-likeness (QED) is 0.565. The second-order valence-electron chi connectivity index (χ2n) is 4.75. The van der Waals surface area contributed by atoms with Gasteiger partial charge in [-0.1, -0.05) is 43.7 Å². The fourth-order valence-electron chi connectivity index (χ4n) is 1.80. The van der Waals surface area contributed by atoms with Crippen molar-refractivity contribution in [3.05, 3.63) is 35.9 Å². The highest BCUT2D eigenvalue weighted by Crippen LogP contribution is 2.04. The number of nitrogens with one attached hydrogen (secondary N) is 2. The maximum absolute atomic E-state index is 12.0. The number of unbranched alkanes of at least 4 members (excludes halogenated alkanes) is 1. The van der Waals surface area contributed by atoms with Crippen LogP contribution in [-0.2, 0) is 16.0 Å². The van der Waals surface area contributed by atoms with Gasteiger partial charge in [-0.2, -0.15) is 5.26 Å². The number of hydrogen-bond acceptors (Lipinski definition) is 4. The Morgan fingerprint density at radius 3 is 2.68 bits per heavy atom. The van der Waals surface area contributed by atoms with E-state index in [0.717, 1.165) is 18.4 Å². The molecule has 0 saturated heterocycles. The molecule has 0 spiro atoms. The third-order valence-electron chi connectivity index (χ3n) is 2.96. The van der Waals surface area contributed by atoms with Crippen molar-refractivity contribution >= 4 is 12.0 Å². The number of benzene rings is 1. The van der Waals surface area contributed by atoms with Crippen molar-refractivity contribution in [2.75, 3.05) is 13.2 Å². The summed E-state index contributed by atoms with van der Waals surface area (Å²) >= 11 is 0. The van der Waals surface area contributed by atoms with E-state index in [4.69, 9.17) is 10.00 Å². The molecular weight excluding hydrogens is 282 g/mol. The van der Waals surface area contributed by atoms with Gasteiger partial charge in [0.15, 0.2) is 0 Å². The maximum Gasteiger partial charge on any atom is 0.407 e. The normalized spacial score (nSPS) is 11.1. The summed E-state index contributed by atoms with van der Waals surface area (Å²) in [4.78, 5) is 23.8. The molecule has 0 radical (unpaired) electrons. The monoisotopic (exact) mass is 303 g/mol. The van der Waals surface area contributed by atoms with Crippen molar-refractivity contribution < 1.29 is 14.3 Å². The van der Waals surface area contributed by atoms with Crippen LogP contribution in [0.2, 0.25) is 0 Å². The largest absolute Gasteiger partial charge is 0.450 e. The number of ether oxygens (including phenoxy) is 1. The van der Waals surface area contributed by atoms with E-state index < -0.39 is 18.0 Å². The van der Waals surface area contributed by atoms with Gasteiger partial charge in [0.05, 0.1) is 12.7 Å². The van der Waals surface area contributed by atoms with Crippen LogP contribution >= 0.6 is 0 Å². The summed E-state index contributed by atoms with van der Waals surface area (Å²) in [7, 11) is 0. The van der Waals surface area contributed by atoms with E-state index in [0.29, 0.717) is 13.0 Å². The van der Waals surface area contributed by atoms with E-state index in [2.05, 4.69) is 10.6 Å². The van der Waals surface area contributed by atoms with Crippen LogP contribution in [0.3, 0.4) is 0 Å². The smallest absolute Gasteiger partial charge is 0.407 e. The summed E-state index contributed by atoms with van der Waals surface area (Å²) in [5, 5.41) is 13.5. The van der Waals surface area contributed by atoms with Crippen LogP contribution < -0.4 is 10.6 Å². The lowest BCUT2D eigenvalue weighted by Crippen LogP contribution is -2.48. The molecule has 0 fully saturated rings. The Bertz CT molecular complexity index is 511. The highest BCUT2D eigenvalue weighted by molar-refractivity contribution is 5.86. The summed E-state index contributed by atoms with van der Waals surface area (Å²) in [5.74, 6) is -0.405. The maximum atomic E-state index is 12.0. The predicted octanol–water partition coefficient (Wildman–Crippen LogP) is 1.76. The lowest BCUT2D eigenvalue weighted by molar-refractivity contribution is -0.122. The van der Waals surface area contributed by atoms with Gasteiger partial charge in [-0.15, -0.1) is 0 Å². The molecule has 6 nitrogen and oxygen atoms in total. The number of rotatable bonds is 8. The molecule has 2 N–H and O–H groups in total. The molecule has 0 bridgehead atoms. The van der Waals surface area contributed by atoms with Crippen LogP contribution in [0.1, 0.15) is 25.3 Å². The Labute approximate surface area is 130 Å². The Balaban J connectivity index is 2.63. The summed E-state index contributed by atoms with van der Waals surface area (Å²) in [6, 6.07) is 10.4. The summed E-state index contributed by atoms with van der Waals surface area (Å²) in [6.07, 6.45) is 1.41. The van der Waals surface area contributed by atoms with Gasteiger partial charge >= 0.3 is 6.09 Å². The second kappa shape index (κ2) is 10.2. The Morgan fingerprint density at radius 1 is 1.32 bits per heavy atom. The molecule has 1 aromatic carbocycles. The minimum absolute atomic E-state index is 0.101. The summed E-state index contributed by atoms with van der Waals surface area (Å²) < 4.78 is 5.01. The van der Waals surface area contributed by atoms with Gasteiger partial charge in [-0.05, 0) is 12.0 Å². The van der Waals surface area contributed by atoms with Crippen molar-refractivity contribution in [2.24, 2.45) is 0 Å². The molecule has 0 aromatic heterocycles. The molecular formula is C16H21N3O3. The lowest BCUT2D eigenvalue weighted by Gasteiger charge is -2.17. The Morgan fingerprint density at radius 2 is 2.05 bits per heavy atom. The zero-order valence-corrected chi connectivity index (χ0v) is 12.7. The molecule has 0 heterocycles. The fraction of sp³-hybridized carbons (Fsp3) is 0.438. The van der Waals surface area contributed by atoms with Gasteiger partial charge in [0.2, 0.25) is 5.91 Å². The summed E-state index contributed by atoms with van der Waals surface area (Å²) in [6.45, 7) is 2.21. The molecule has 118 valence electrons. The van der Waals surface area contributed by atoms with E-state index in [9.17, 15) is 9.59 Å². The number of nitrogens with zero attached hydrogens (tertiary/aromatic N) is 1. The number of carbonyl (C=O) groups excluding carboxylic acids is 2. The molecule has 0 saturated carbocycles. The van der Waals surface area contributed by atoms with Gasteiger partial charge in [0.1, 0.15) is 12.6 Å². The van der Waals surface area contributed by atoms with E-state index in [1.807, 2.05) is 43.3 Å². The van der Waals surface area contributed by atoms with Crippen LogP contribution in [0.4, 0.5) is 4.79 Å². The van der Waals surface area contributed by atoms with Gasteiger partial charge in [-0.3, -0.25) is 4.79 Å². The topological polar surface area (TPSA) is 91.2 Å². The average molecular weight is 303 g/mol. The molecule has 0 aliphatic heterocycles. The van der Waals surface area contributed by atoms with Crippen molar-refractivity contribution in [3.8, 4) is 6.07 Å². The molecule has 6 heteroatoms. The third-order valence-corrected chi connectivity index (χ3v) is 2.96. The standard InChI is InChI=1S/C16H21N3O3/c1-2-3-11-22-16(21)19-14(15(20)18-10-9-17)12-13-7-5-4-6-8-13/h4-8,14H,2-3,10-12H2,1H3,(H,18,20)(H,19,21). The van der Waals surface area contributed by atoms with Crippen LogP contribution in [0.15, 0.2) is 30.3 Å². The van der Waals surface area contributed by atoms with Gasteiger partial charge in [0.25, 0.3) is 0 Å². The zero-order valence-electron chi connectivity index (χ0n) is 12.7. The average Bonchev–Trinajstić information content (AvgIpc) is 2.53. The van der Waals surface area contributed by atoms with Crippen molar-refractivity contribution in [3.63, 3.8) is 0 Å². The molecule has 1 aromatic rings. The number of alkyl carbamates (subject to hydrolysis) is 1. The molecule has 0 aliphatic rings. The van der Waals surface area contributed by atoms with E-state index in [1.165, 1.54) is 0 Å². The molecule has 1 atom stereocenters. The van der Waals surface area contributed by atoms with Crippen LogP contribution in [0.25, 0.3) is 0 Å². The van der Waals surface area contributed by atoms with E-state index in [-0.39, 0.29) is 6.54 Å². The second-order valence-corrected chi connectivity index (χ2v) is 4.75. The Hall–Kier alpha value is -2.55. The van der Waals surface area contributed by atoms with Crippen molar-refractivity contribution in [2.45, 2.75) is 32.2 Å². The number of hydrogen-bond donors (Lipinski definition) is 2. The number of amides is 2. The van der Waals surface area contributed by atoms with Gasteiger partial charge < -0.3 is 15.4 Å². The molecule has 1 unspecified atom stereocenters. The molecule has 1 rings (SSSR count). The van der Waals surface area contributed by atoms with Crippen molar-refractivity contribution in [1.29, 1.82) is 5.26 Å². The van der Waals surface area contributed by atoms with Gasteiger partial charge in [-0.25, -0.2) is 4.79 Å². The number of carbonyl (C=O) groups is 2. The van der Waals surface area contributed by atoms with Crippen LogP contribution in [0.5, 0.6) is 0 Å². The first kappa shape index (κ1) is 17.5. The van der Waals surface area contributed by atoms with E-state index in [1.54, 1.807) is 0 Å². The number of nitriles is 1. The molecule has 22 heavy (non-hydrogen) atoms. The van der Waals surface area contributed by atoms with E-state index >= 15 is 0 Å². The minimum Gasteiger partial charge on any atom is -0.450 e. The fourth-order valence-corrected chi connectivity index (χ4v) is 1.80.